The Balaban J connectivity index is 1.90. The van der Waals surface area contributed by atoms with Gasteiger partial charge in [-0.25, -0.2) is 13.4 Å². The number of nitrogens with one attached hydrogen (secondary N) is 1. The van der Waals surface area contributed by atoms with E-state index in [0.717, 1.165) is 6.26 Å². The summed E-state index contributed by atoms with van der Waals surface area (Å²) < 4.78 is 23.1. The number of rotatable bonds is 4. The zero-order chi connectivity index (χ0) is 19.6. The van der Waals surface area contributed by atoms with E-state index in [0.29, 0.717) is 17.3 Å². The van der Waals surface area contributed by atoms with Gasteiger partial charge in [0.2, 0.25) is 5.95 Å². The Kier molecular flexibility index (Phi) is 5.15. The maximum Gasteiger partial charge on any atom is 0.259 e. The Bertz CT molecular complexity index is 1120. The SMILES string of the molecule is Cc1nc(NC(=O)c2ccc(S(C)(=O)=O)cc2Cl)nc(-c2ccccn2)n1. The molecule has 0 radical (unpaired) electrons. The number of hydrogen-bond donors (Lipinski definition) is 1. The molecule has 0 atom stereocenters. The fourth-order valence-electron chi connectivity index (χ4n) is 2.23. The van der Waals surface area contributed by atoms with Gasteiger partial charge in [-0.05, 0) is 37.3 Å². The molecule has 27 heavy (non-hydrogen) atoms. The van der Waals surface area contributed by atoms with Gasteiger partial charge in [0, 0.05) is 12.5 Å². The summed E-state index contributed by atoms with van der Waals surface area (Å²) in [5, 5.41) is 2.55. The highest BCUT2D eigenvalue weighted by molar-refractivity contribution is 7.90. The third kappa shape index (κ3) is 4.44. The van der Waals surface area contributed by atoms with Crippen LogP contribution in [0.3, 0.4) is 0 Å². The van der Waals surface area contributed by atoms with E-state index in [1.54, 1.807) is 31.3 Å². The molecule has 0 saturated heterocycles. The third-order valence-corrected chi connectivity index (χ3v) is 4.90. The average molecular weight is 404 g/mol. The molecule has 2 aromatic heterocycles. The normalized spacial score (nSPS) is 11.2. The molecular weight excluding hydrogens is 390 g/mol. The highest BCUT2D eigenvalue weighted by atomic mass is 35.5. The number of carbonyl (C=O) groups is 1. The zero-order valence-corrected chi connectivity index (χ0v) is 15.9. The highest BCUT2D eigenvalue weighted by Gasteiger charge is 2.16. The lowest BCUT2D eigenvalue weighted by Crippen LogP contribution is -2.16. The van der Waals surface area contributed by atoms with Gasteiger partial charge in [-0.2, -0.15) is 9.97 Å². The number of aryl methyl sites for hydroxylation is 1. The van der Waals surface area contributed by atoms with Crippen molar-refractivity contribution in [1.82, 2.24) is 19.9 Å². The van der Waals surface area contributed by atoms with Crippen molar-refractivity contribution in [3.63, 3.8) is 0 Å². The summed E-state index contributed by atoms with van der Waals surface area (Å²) in [6, 6.07) is 9.17. The second-order valence-corrected chi connectivity index (χ2v) is 8.04. The summed E-state index contributed by atoms with van der Waals surface area (Å²) in [6.45, 7) is 1.66. The number of sulfone groups is 1. The summed E-state index contributed by atoms with van der Waals surface area (Å²) >= 11 is 6.07. The number of carbonyl (C=O) groups excluding carboxylic acids is 1. The van der Waals surface area contributed by atoms with Crippen molar-refractivity contribution < 1.29 is 13.2 Å². The number of aromatic nitrogens is 4. The third-order valence-electron chi connectivity index (χ3n) is 3.48. The van der Waals surface area contributed by atoms with E-state index in [1.807, 2.05) is 0 Å². The number of amides is 1. The molecule has 138 valence electrons. The van der Waals surface area contributed by atoms with E-state index in [9.17, 15) is 13.2 Å². The number of hydrogen-bond acceptors (Lipinski definition) is 7. The minimum Gasteiger partial charge on any atom is -0.290 e. The number of nitrogens with zero attached hydrogens (tertiary/aromatic N) is 4. The molecule has 1 amide bonds. The molecule has 8 nitrogen and oxygen atoms in total. The molecule has 0 aliphatic carbocycles. The van der Waals surface area contributed by atoms with Crippen LogP contribution in [-0.2, 0) is 9.84 Å². The topological polar surface area (TPSA) is 115 Å². The van der Waals surface area contributed by atoms with Gasteiger partial charge in [0.1, 0.15) is 11.5 Å². The molecule has 1 N–H and O–H groups in total. The zero-order valence-electron chi connectivity index (χ0n) is 14.3. The maximum atomic E-state index is 12.5. The van der Waals surface area contributed by atoms with Crippen LogP contribution in [-0.4, -0.2) is 40.5 Å². The van der Waals surface area contributed by atoms with Gasteiger partial charge < -0.3 is 0 Å². The van der Waals surface area contributed by atoms with Gasteiger partial charge in [0.25, 0.3) is 5.91 Å². The second kappa shape index (κ2) is 7.37. The molecule has 0 bridgehead atoms. The van der Waals surface area contributed by atoms with Crippen LogP contribution < -0.4 is 5.32 Å². The van der Waals surface area contributed by atoms with Crippen LogP contribution in [0.25, 0.3) is 11.5 Å². The summed E-state index contributed by atoms with van der Waals surface area (Å²) in [4.78, 5) is 29.2. The summed E-state index contributed by atoms with van der Waals surface area (Å²) in [6.07, 6.45) is 2.67. The van der Waals surface area contributed by atoms with Crippen LogP contribution >= 0.6 is 11.6 Å². The lowest BCUT2D eigenvalue weighted by molar-refractivity contribution is 0.102. The van der Waals surface area contributed by atoms with Gasteiger partial charge in [-0.1, -0.05) is 17.7 Å². The standard InChI is InChI=1S/C17H14ClN5O3S/c1-10-20-15(14-5-3-4-8-19-14)22-17(21-10)23-16(24)12-7-6-11(9-13(12)18)27(2,25)26/h3-9H,1-2H3,(H,20,21,22,23,24). The van der Waals surface area contributed by atoms with E-state index in [2.05, 4.69) is 25.3 Å². The summed E-state index contributed by atoms with van der Waals surface area (Å²) in [5.74, 6) is 0.186. The quantitative estimate of drug-likeness (QED) is 0.711. The molecule has 10 heteroatoms. The number of halogens is 1. The van der Waals surface area contributed by atoms with Crippen LogP contribution in [0, 0.1) is 6.92 Å². The Morgan fingerprint density at radius 3 is 2.52 bits per heavy atom. The van der Waals surface area contributed by atoms with Gasteiger partial charge in [-0.3, -0.25) is 15.1 Å². The van der Waals surface area contributed by atoms with Crippen LogP contribution in [0.5, 0.6) is 0 Å². The second-order valence-electron chi connectivity index (χ2n) is 5.61. The van der Waals surface area contributed by atoms with Crippen LogP contribution in [0.2, 0.25) is 5.02 Å². The monoisotopic (exact) mass is 403 g/mol. The lowest BCUT2D eigenvalue weighted by Gasteiger charge is -2.08. The minimum atomic E-state index is -3.42. The average Bonchev–Trinajstić information content (AvgIpc) is 2.61. The van der Waals surface area contributed by atoms with E-state index >= 15 is 0 Å². The molecule has 0 unspecified atom stereocenters. The van der Waals surface area contributed by atoms with Crippen molar-refractivity contribution in [3.05, 3.63) is 59.0 Å². The van der Waals surface area contributed by atoms with E-state index in [-0.39, 0.29) is 21.4 Å². The van der Waals surface area contributed by atoms with E-state index in [4.69, 9.17) is 11.6 Å². The first kappa shape index (κ1) is 18.9. The first-order valence-corrected chi connectivity index (χ1v) is 9.96. The first-order valence-electron chi connectivity index (χ1n) is 7.69. The fraction of sp³-hybridized carbons (Fsp3) is 0.118. The Labute approximate surface area is 160 Å². The van der Waals surface area contributed by atoms with Crippen molar-refractivity contribution in [2.75, 3.05) is 11.6 Å². The predicted octanol–water partition coefficient (Wildman–Crippen LogP) is 2.55. The van der Waals surface area contributed by atoms with Crippen molar-refractivity contribution in [2.24, 2.45) is 0 Å². The molecule has 0 aliphatic heterocycles. The molecule has 3 aromatic rings. The molecule has 1 aromatic carbocycles. The minimum absolute atomic E-state index is 0.00570. The van der Waals surface area contributed by atoms with Crippen molar-refractivity contribution in [1.29, 1.82) is 0 Å². The van der Waals surface area contributed by atoms with E-state index in [1.165, 1.54) is 18.2 Å². The summed E-state index contributed by atoms with van der Waals surface area (Å²) in [7, 11) is -3.42. The Morgan fingerprint density at radius 2 is 1.89 bits per heavy atom. The summed E-state index contributed by atoms with van der Waals surface area (Å²) in [5.41, 5.74) is 0.635. The smallest absolute Gasteiger partial charge is 0.259 e. The Hall–Kier alpha value is -2.91. The van der Waals surface area contributed by atoms with E-state index < -0.39 is 15.7 Å². The van der Waals surface area contributed by atoms with Gasteiger partial charge in [0.15, 0.2) is 15.7 Å². The molecule has 0 aliphatic rings. The van der Waals surface area contributed by atoms with Crippen LogP contribution in [0.15, 0.2) is 47.5 Å². The molecular formula is C17H14ClN5O3S. The van der Waals surface area contributed by atoms with Gasteiger partial charge in [-0.15, -0.1) is 0 Å². The number of anilines is 1. The molecule has 3 rings (SSSR count). The molecule has 2 heterocycles. The van der Waals surface area contributed by atoms with Gasteiger partial charge in [0.05, 0.1) is 15.5 Å². The highest BCUT2D eigenvalue weighted by Crippen LogP contribution is 2.22. The van der Waals surface area contributed by atoms with Crippen LogP contribution in [0.1, 0.15) is 16.2 Å². The number of pyridine rings is 1. The maximum absolute atomic E-state index is 12.5. The fourth-order valence-corrected chi connectivity index (χ4v) is 3.21. The molecule has 0 saturated carbocycles. The first-order chi connectivity index (χ1) is 12.7. The van der Waals surface area contributed by atoms with Crippen molar-refractivity contribution >= 4 is 33.3 Å². The van der Waals surface area contributed by atoms with Crippen molar-refractivity contribution in [3.8, 4) is 11.5 Å². The number of benzene rings is 1. The van der Waals surface area contributed by atoms with Crippen LogP contribution in [0.4, 0.5) is 5.95 Å². The van der Waals surface area contributed by atoms with Crippen molar-refractivity contribution in [2.45, 2.75) is 11.8 Å². The largest absolute Gasteiger partial charge is 0.290 e. The lowest BCUT2D eigenvalue weighted by atomic mass is 10.2. The predicted molar refractivity (Wildman–Crippen MR) is 100 cm³/mol. The molecule has 0 fully saturated rings. The Morgan fingerprint density at radius 1 is 1.11 bits per heavy atom. The van der Waals surface area contributed by atoms with Gasteiger partial charge >= 0.3 is 0 Å². The molecule has 0 spiro atoms.